The predicted octanol–water partition coefficient (Wildman–Crippen LogP) is 7.88. The minimum Gasteiger partial charge on any atom is -0.497 e. The molecule has 4 heteroatoms. The molecule has 0 spiro atoms. The van der Waals surface area contributed by atoms with E-state index in [1.807, 2.05) is 78.9 Å². The van der Waals surface area contributed by atoms with Crippen LogP contribution in [-0.2, 0) is 4.57 Å². The van der Waals surface area contributed by atoms with Crippen molar-refractivity contribution in [3.63, 3.8) is 0 Å². The smallest absolute Gasteiger partial charge is 0.175 e. The second kappa shape index (κ2) is 10.7. The van der Waals surface area contributed by atoms with Crippen LogP contribution in [0.4, 0.5) is 0 Å². The van der Waals surface area contributed by atoms with Crippen molar-refractivity contribution in [3.8, 4) is 5.75 Å². The summed E-state index contributed by atoms with van der Waals surface area (Å²) in [6.07, 6.45) is 0. The summed E-state index contributed by atoms with van der Waals surface area (Å²) in [6, 6.07) is 42.2. The third-order valence-electron chi connectivity index (χ3n) is 7.71. The molecule has 0 aliphatic rings. The molecule has 0 aliphatic heterocycles. The van der Waals surface area contributed by atoms with Gasteiger partial charge in [0.25, 0.3) is 0 Å². The zero-order chi connectivity index (χ0) is 27.7. The molecule has 5 aromatic carbocycles. The highest BCUT2D eigenvalue weighted by Crippen LogP contribution is 2.50. The number of methoxy groups -OCH3 is 1. The van der Waals surface area contributed by atoms with Gasteiger partial charge in [0.2, 0.25) is 0 Å². The van der Waals surface area contributed by atoms with Crippen molar-refractivity contribution in [1.82, 2.24) is 0 Å². The normalized spacial score (nSPS) is 11.7. The van der Waals surface area contributed by atoms with Crippen LogP contribution < -0.4 is 20.7 Å². The first-order valence-electron chi connectivity index (χ1n) is 13.5. The summed E-state index contributed by atoms with van der Waals surface area (Å²) in [4.78, 5) is 0. The average Bonchev–Trinajstić information content (AvgIpc) is 3.38. The molecule has 0 fully saturated rings. The molecular weight excluding hydrogens is 511 g/mol. The van der Waals surface area contributed by atoms with E-state index in [4.69, 9.17) is 9.15 Å². The zero-order valence-electron chi connectivity index (χ0n) is 22.9. The van der Waals surface area contributed by atoms with Gasteiger partial charge >= 0.3 is 0 Å². The fourth-order valence-electron chi connectivity index (χ4n) is 5.68. The predicted molar refractivity (Wildman–Crippen MR) is 165 cm³/mol. The van der Waals surface area contributed by atoms with Crippen molar-refractivity contribution < 1.29 is 13.7 Å². The van der Waals surface area contributed by atoms with E-state index in [0.717, 1.165) is 43.6 Å². The van der Waals surface area contributed by atoms with Crippen LogP contribution in [-0.4, -0.2) is 7.11 Å². The van der Waals surface area contributed by atoms with Crippen LogP contribution in [0.5, 0.6) is 5.75 Å². The zero-order valence-corrected chi connectivity index (χ0v) is 23.8. The Morgan fingerprint density at radius 2 is 1.15 bits per heavy atom. The van der Waals surface area contributed by atoms with E-state index in [9.17, 15) is 0 Å². The van der Waals surface area contributed by atoms with Gasteiger partial charge in [-0.1, -0.05) is 109 Å². The van der Waals surface area contributed by atoms with Crippen molar-refractivity contribution in [1.29, 1.82) is 0 Å². The molecule has 6 rings (SSSR count). The van der Waals surface area contributed by atoms with E-state index in [1.165, 1.54) is 0 Å². The third-order valence-corrected chi connectivity index (χ3v) is 10.9. The second-order valence-electron chi connectivity index (χ2n) is 10.1. The highest BCUT2D eigenvalue weighted by Gasteiger charge is 2.39. The van der Waals surface area contributed by atoms with Crippen molar-refractivity contribution in [2.24, 2.45) is 0 Å². The SMILES string of the molecule is COc1ccc2c(P(=O)(c3ccccc3)c3ccccc3)c(C(c3ccccc3C)c3ccccc3C)oc2c1. The first kappa shape index (κ1) is 25.9. The lowest BCUT2D eigenvalue weighted by atomic mass is 9.84. The van der Waals surface area contributed by atoms with E-state index >= 15 is 4.57 Å². The summed E-state index contributed by atoms with van der Waals surface area (Å²) in [5, 5.41) is 3.11. The van der Waals surface area contributed by atoms with Gasteiger partial charge in [-0.25, -0.2) is 0 Å². The molecule has 0 radical (unpaired) electrons. The molecule has 0 saturated carbocycles. The number of benzene rings is 5. The van der Waals surface area contributed by atoms with Crippen LogP contribution in [0.15, 0.2) is 132 Å². The Morgan fingerprint density at radius 1 is 0.650 bits per heavy atom. The van der Waals surface area contributed by atoms with Crippen molar-refractivity contribution in [2.45, 2.75) is 19.8 Å². The van der Waals surface area contributed by atoms with E-state index in [0.29, 0.717) is 17.1 Å². The highest BCUT2D eigenvalue weighted by molar-refractivity contribution is 7.85. The fourth-order valence-corrected chi connectivity index (χ4v) is 8.69. The molecule has 40 heavy (non-hydrogen) atoms. The maximum atomic E-state index is 15.9. The summed E-state index contributed by atoms with van der Waals surface area (Å²) in [7, 11) is -1.75. The molecule has 0 saturated heterocycles. The number of ether oxygens (including phenoxy) is 1. The molecule has 0 N–H and O–H groups in total. The molecular formula is C36H31O3P. The molecule has 0 bridgehead atoms. The Balaban J connectivity index is 1.78. The minimum atomic E-state index is -3.39. The van der Waals surface area contributed by atoms with Gasteiger partial charge < -0.3 is 13.7 Å². The fraction of sp³-hybridized carbons (Fsp3) is 0.111. The highest BCUT2D eigenvalue weighted by atomic mass is 31.2. The minimum absolute atomic E-state index is 0.267. The van der Waals surface area contributed by atoms with Crippen LogP contribution in [0.25, 0.3) is 11.0 Å². The monoisotopic (exact) mass is 542 g/mol. The topological polar surface area (TPSA) is 39.4 Å². The Morgan fingerprint density at radius 3 is 1.65 bits per heavy atom. The number of rotatable bonds is 7. The van der Waals surface area contributed by atoms with Crippen LogP contribution in [0.2, 0.25) is 0 Å². The molecule has 0 atom stereocenters. The van der Waals surface area contributed by atoms with Gasteiger partial charge in [-0.2, -0.15) is 0 Å². The lowest BCUT2D eigenvalue weighted by Crippen LogP contribution is -2.28. The van der Waals surface area contributed by atoms with Gasteiger partial charge in [-0.3, -0.25) is 0 Å². The molecule has 1 aromatic heterocycles. The summed E-state index contributed by atoms with van der Waals surface area (Å²) in [5.74, 6) is 1.12. The number of hydrogen-bond donors (Lipinski definition) is 0. The summed E-state index contributed by atoms with van der Waals surface area (Å²) < 4.78 is 28.3. The molecule has 0 amide bonds. The van der Waals surface area contributed by atoms with Gasteiger partial charge in [-0.05, 0) is 48.2 Å². The van der Waals surface area contributed by atoms with Crippen LogP contribution in [0.3, 0.4) is 0 Å². The number of fused-ring (bicyclic) bond motifs is 1. The summed E-state index contributed by atoms with van der Waals surface area (Å²) in [6.45, 7) is 4.25. The Bertz CT molecular complexity index is 1750. The van der Waals surface area contributed by atoms with Crippen molar-refractivity contribution in [2.75, 3.05) is 7.11 Å². The second-order valence-corrected chi connectivity index (χ2v) is 12.8. The number of aryl methyl sites for hydroxylation is 2. The van der Waals surface area contributed by atoms with Gasteiger partial charge in [0, 0.05) is 22.1 Å². The number of hydrogen-bond acceptors (Lipinski definition) is 3. The third kappa shape index (κ3) is 4.37. The molecule has 198 valence electrons. The number of furan rings is 1. The Hall–Kier alpha value is -4.33. The molecule has 1 heterocycles. The van der Waals surface area contributed by atoms with Gasteiger partial charge in [0.15, 0.2) is 7.14 Å². The van der Waals surface area contributed by atoms with Crippen molar-refractivity contribution >= 4 is 34.0 Å². The quantitative estimate of drug-likeness (QED) is 0.193. The van der Waals surface area contributed by atoms with E-state index in [1.54, 1.807) is 7.11 Å². The summed E-state index contributed by atoms with van der Waals surface area (Å²) >= 11 is 0. The van der Waals surface area contributed by atoms with Gasteiger partial charge in [-0.15, -0.1) is 0 Å². The average molecular weight is 543 g/mol. The Kier molecular flexibility index (Phi) is 6.92. The van der Waals surface area contributed by atoms with Gasteiger partial charge in [0.05, 0.1) is 18.3 Å². The van der Waals surface area contributed by atoms with E-state index in [2.05, 4.69) is 62.4 Å². The lowest BCUT2D eigenvalue weighted by Gasteiger charge is -2.25. The first-order valence-corrected chi connectivity index (χ1v) is 15.2. The first-order chi connectivity index (χ1) is 19.5. The van der Waals surface area contributed by atoms with Crippen LogP contribution in [0, 0.1) is 13.8 Å². The summed E-state index contributed by atoms with van der Waals surface area (Å²) in [5.41, 5.74) is 5.19. The molecule has 0 unspecified atom stereocenters. The van der Waals surface area contributed by atoms with E-state index in [-0.39, 0.29) is 5.92 Å². The lowest BCUT2D eigenvalue weighted by molar-refractivity contribution is 0.414. The van der Waals surface area contributed by atoms with E-state index < -0.39 is 7.14 Å². The maximum absolute atomic E-state index is 15.9. The largest absolute Gasteiger partial charge is 0.497 e. The Labute approximate surface area is 235 Å². The van der Waals surface area contributed by atoms with Crippen LogP contribution in [0.1, 0.15) is 33.9 Å². The molecule has 3 nitrogen and oxygen atoms in total. The molecule has 0 aliphatic carbocycles. The maximum Gasteiger partial charge on any atom is 0.175 e. The van der Waals surface area contributed by atoms with Gasteiger partial charge in [0.1, 0.15) is 17.1 Å². The van der Waals surface area contributed by atoms with Crippen LogP contribution >= 0.6 is 7.14 Å². The van der Waals surface area contributed by atoms with Crippen molar-refractivity contribution in [3.05, 3.63) is 155 Å². The molecule has 6 aromatic rings. The standard InChI is InChI=1S/C36H31O3P/c1-25-14-10-12-20-30(25)34(31-21-13-11-15-26(31)2)35-36(32-23-22-27(38-3)24-33(32)39-35)40(37,28-16-6-4-7-17-28)29-18-8-5-9-19-29/h4-24,34H,1-3H3.